The third kappa shape index (κ3) is 3.03. The Morgan fingerprint density at radius 1 is 1.40 bits per heavy atom. The summed E-state index contributed by atoms with van der Waals surface area (Å²) in [6.07, 6.45) is 1.93. The van der Waals surface area contributed by atoms with Gasteiger partial charge < -0.3 is 10.6 Å². The number of sulfonamides is 1. The van der Waals surface area contributed by atoms with Gasteiger partial charge in [0, 0.05) is 26.2 Å². The van der Waals surface area contributed by atoms with Crippen molar-refractivity contribution < 1.29 is 8.42 Å². The molecule has 0 aromatic heterocycles. The van der Waals surface area contributed by atoms with E-state index in [2.05, 4.69) is 4.90 Å². The normalized spacial score (nSPS) is 21.3. The lowest BCUT2D eigenvalue weighted by Gasteiger charge is -2.35. The molecule has 6 heteroatoms. The number of hydrogen-bond acceptors (Lipinski definition) is 4. The van der Waals surface area contributed by atoms with Gasteiger partial charge >= 0.3 is 0 Å². The minimum atomic E-state index is -3.48. The zero-order chi connectivity index (χ0) is 14.8. The first-order valence-electron chi connectivity index (χ1n) is 6.91. The smallest absolute Gasteiger partial charge is 0.243 e. The lowest BCUT2D eigenvalue weighted by molar-refractivity contribution is 0.187. The monoisotopic (exact) mass is 297 g/mol. The lowest BCUT2D eigenvalue weighted by atomic mass is 10.1. The molecule has 1 atom stereocenters. The number of piperidine rings is 1. The summed E-state index contributed by atoms with van der Waals surface area (Å²) in [7, 11) is 0.223. The third-order valence-corrected chi connectivity index (χ3v) is 5.97. The van der Waals surface area contributed by atoms with Crippen LogP contribution >= 0.6 is 0 Å². The summed E-state index contributed by atoms with van der Waals surface area (Å²) >= 11 is 0. The average Bonchev–Trinajstić information content (AvgIpc) is 2.46. The second-order valence-corrected chi connectivity index (χ2v) is 7.36. The Kier molecular flexibility index (Phi) is 4.80. The highest BCUT2D eigenvalue weighted by Gasteiger charge is 2.31. The molecule has 0 bridgehead atoms. The summed E-state index contributed by atoms with van der Waals surface area (Å²) < 4.78 is 27.1. The van der Waals surface area contributed by atoms with Crippen molar-refractivity contribution in [1.29, 1.82) is 0 Å². The fourth-order valence-electron chi connectivity index (χ4n) is 2.71. The van der Waals surface area contributed by atoms with Crippen LogP contribution in [0.4, 0.5) is 0 Å². The number of benzene rings is 1. The molecular weight excluding hydrogens is 274 g/mol. The number of likely N-dealkylation sites (N-methyl/N-ethyl adjacent to an activating group) is 2. The van der Waals surface area contributed by atoms with Crippen molar-refractivity contribution in [3.8, 4) is 0 Å². The van der Waals surface area contributed by atoms with Gasteiger partial charge in [-0.25, -0.2) is 8.42 Å². The van der Waals surface area contributed by atoms with E-state index < -0.39 is 10.0 Å². The van der Waals surface area contributed by atoms with Gasteiger partial charge in [0.2, 0.25) is 10.0 Å². The Morgan fingerprint density at radius 2 is 2.10 bits per heavy atom. The highest BCUT2D eigenvalue weighted by molar-refractivity contribution is 7.89. The molecule has 0 spiro atoms. The van der Waals surface area contributed by atoms with Gasteiger partial charge in [-0.05, 0) is 38.1 Å². The second-order valence-electron chi connectivity index (χ2n) is 5.39. The molecule has 2 rings (SSSR count). The van der Waals surface area contributed by atoms with Crippen molar-refractivity contribution in [2.45, 2.75) is 30.3 Å². The number of nitrogens with two attached hydrogens (primary N) is 1. The van der Waals surface area contributed by atoms with Crippen molar-refractivity contribution >= 4 is 10.0 Å². The van der Waals surface area contributed by atoms with Crippen LogP contribution in [0.2, 0.25) is 0 Å². The molecule has 20 heavy (non-hydrogen) atoms. The number of hydrogen-bond donors (Lipinski definition) is 1. The molecule has 1 aliphatic heterocycles. The predicted octanol–water partition coefficient (Wildman–Crippen LogP) is 0.860. The van der Waals surface area contributed by atoms with Crippen LogP contribution in [0.25, 0.3) is 0 Å². The van der Waals surface area contributed by atoms with Crippen LogP contribution in [0, 0.1) is 0 Å². The molecule has 1 heterocycles. The standard InChI is InChI=1S/C14H23N3O2S/c1-16-9-5-7-13(11-16)17(2)20(18,19)14-8-4-3-6-12(14)10-15/h3-4,6,8,13H,5,7,9-11,15H2,1-2H3. The van der Waals surface area contributed by atoms with E-state index in [0.717, 1.165) is 25.9 Å². The summed E-state index contributed by atoms with van der Waals surface area (Å²) in [6.45, 7) is 2.04. The van der Waals surface area contributed by atoms with E-state index in [1.54, 1.807) is 25.2 Å². The quantitative estimate of drug-likeness (QED) is 0.895. The van der Waals surface area contributed by atoms with Crippen LogP contribution in [-0.4, -0.2) is 50.8 Å². The van der Waals surface area contributed by atoms with E-state index in [9.17, 15) is 8.42 Å². The molecular formula is C14H23N3O2S. The highest BCUT2D eigenvalue weighted by atomic mass is 32.2. The largest absolute Gasteiger partial charge is 0.326 e. The van der Waals surface area contributed by atoms with Crippen LogP contribution in [0.5, 0.6) is 0 Å². The molecule has 1 fully saturated rings. The maximum atomic E-state index is 12.8. The molecule has 1 aliphatic rings. The van der Waals surface area contributed by atoms with Crippen molar-refractivity contribution in [3.63, 3.8) is 0 Å². The Bertz CT molecular complexity index is 559. The molecule has 0 aliphatic carbocycles. The van der Waals surface area contributed by atoms with Crippen LogP contribution < -0.4 is 5.73 Å². The molecule has 1 saturated heterocycles. The van der Waals surface area contributed by atoms with Crippen molar-refractivity contribution in [1.82, 2.24) is 9.21 Å². The molecule has 1 aromatic carbocycles. The Morgan fingerprint density at radius 3 is 2.75 bits per heavy atom. The summed E-state index contributed by atoms with van der Waals surface area (Å²) in [4.78, 5) is 2.51. The molecule has 2 N–H and O–H groups in total. The van der Waals surface area contributed by atoms with Gasteiger partial charge in [0.25, 0.3) is 0 Å². The molecule has 5 nitrogen and oxygen atoms in total. The summed E-state index contributed by atoms with van der Waals surface area (Å²) in [6, 6.07) is 7.00. The van der Waals surface area contributed by atoms with E-state index in [1.165, 1.54) is 4.31 Å². The first kappa shape index (κ1) is 15.4. The fourth-order valence-corrected chi connectivity index (χ4v) is 4.32. The van der Waals surface area contributed by atoms with Gasteiger partial charge in [-0.3, -0.25) is 0 Å². The van der Waals surface area contributed by atoms with Gasteiger partial charge in [-0.2, -0.15) is 4.31 Å². The summed E-state index contributed by atoms with van der Waals surface area (Å²) in [5.74, 6) is 0. The summed E-state index contributed by atoms with van der Waals surface area (Å²) in [5.41, 5.74) is 6.33. The van der Waals surface area contributed by atoms with E-state index in [-0.39, 0.29) is 12.6 Å². The van der Waals surface area contributed by atoms with Gasteiger partial charge in [-0.15, -0.1) is 0 Å². The van der Waals surface area contributed by atoms with Crippen molar-refractivity contribution in [3.05, 3.63) is 29.8 Å². The van der Waals surface area contributed by atoms with Crippen LogP contribution in [-0.2, 0) is 16.6 Å². The number of likely N-dealkylation sites (tertiary alicyclic amines) is 1. The minimum Gasteiger partial charge on any atom is -0.326 e. The van der Waals surface area contributed by atoms with Crippen molar-refractivity contribution in [2.75, 3.05) is 27.2 Å². The van der Waals surface area contributed by atoms with E-state index >= 15 is 0 Å². The minimum absolute atomic E-state index is 0.0320. The van der Waals surface area contributed by atoms with Gasteiger partial charge in [0.1, 0.15) is 0 Å². The number of nitrogens with zero attached hydrogens (tertiary/aromatic N) is 2. The van der Waals surface area contributed by atoms with Crippen molar-refractivity contribution in [2.24, 2.45) is 5.73 Å². The predicted molar refractivity (Wildman–Crippen MR) is 79.8 cm³/mol. The summed E-state index contributed by atoms with van der Waals surface area (Å²) in [5, 5.41) is 0. The zero-order valence-electron chi connectivity index (χ0n) is 12.1. The van der Waals surface area contributed by atoms with Gasteiger partial charge in [0.15, 0.2) is 0 Å². The first-order valence-corrected chi connectivity index (χ1v) is 8.35. The van der Waals surface area contributed by atoms with Crippen LogP contribution in [0.15, 0.2) is 29.2 Å². The molecule has 0 radical (unpaired) electrons. The lowest BCUT2D eigenvalue weighted by Crippen LogP contribution is -2.47. The number of rotatable bonds is 4. The zero-order valence-corrected chi connectivity index (χ0v) is 12.9. The van der Waals surface area contributed by atoms with Crippen LogP contribution in [0.3, 0.4) is 0 Å². The third-order valence-electron chi connectivity index (χ3n) is 3.96. The molecule has 0 saturated carbocycles. The second kappa shape index (κ2) is 6.22. The highest BCUT2D eigenvalue weighted by Crippen LogP contribution is 2.23. The molecule has 112 valence electrons. The SMILES string of the molecule is CN1CCCC(N(C)S(=O)(=O)c2ccccc2CN)C1. The maximum Gasteiger partial charge on any atom is 0.243 e. The topological polar surface area (TPSA) is 66.6 Å². The molecule has 1 unspecified atom stereocenters. The first-order chi connectivity index (χ1) is 9.46. The van der Waals surface area contributed by atoms with Gasteiger partial charge in [0.05, 0.1) is 4.90 Å². The van der Waals surface area contributed by atoms with E-state index in [4.69, 9.17) is 5.73 Å². The maximum absolute atomic E-state index is 12.8. The van der Waals surface area contributed by atoms with Crippen LogP contribution in [0.1, 0.15) is 18.4 Å². The molecule has 0 amide bonds. The average molecular weight is 297 g/mol. The van der Waals surface area contributed by atoms with Gasteiger partial charge in [-0.1, -0.05) is 18.2 Å². The Balaban J connectivity index is 2.29. The fraction of sp³-hybridized carbons (Fsp3) is 0.571. The van der Waals surface area contributed by atoms with E-state index in [1.807, 2.05) is 13.1 Å². The Labute approximate surface area is 121 Å². The Hall–Kier alpha value is -0.950. The molecule has 1 aromatic rings. The van der Waals surface area contributed by atoms with E-state index in [0.29, 0.717) is 10.5 Å².